The molecule has 70 valence electrons. The maximum absolute atomic E-state index is 10.6. The Labute approximate surface area is 79.6 Å². The number of hydrogen-bond acceptors (Lipinski definition) is 4. The monoisotopic (exact) mass is 198 g/mol. The van der Waals surface area contributed by atoms with Gasteiger partial charge in [0.05, 0.1) is 6.04 Å². The summed E-state index contributed by atoms with van der Waals surface area (Å²) in [6, 6.07) is 0.276. The van der Waals surface area contributed by atoms with E-state index in [0.717, 1.165) is 24.4 Å². The topological polar surface area (TPSA) is 62.2 Å². The molecule has 4 nitrogen and oxygen atoms in total. The zero-order valence-electron chi connectivity index (χ0n) is 6.99. The average molecular weight is 198 g/mol. The van der Waals surface area contributed by atoms with E-state index in [0.29, 0.717) is 0 Å². The highest BCUT2D eigenvalue weighted by Gasteiger charge is 2.20. The van der Waals surface area contributed by atoms with Gasteiger partial charge in [0.2, 0.25) is 0 Å². The lowest BCUT2D eigenvalue weighted by Gasteiger charge is -2.03. The highest BCUT2D eigenvalue weighted by molar-refractivity contribution is 7.09. The molecule has 0 unspecified atom stereocenters. The minimum atomic E-state index is -0.944. The van der Waals surface area contributed by atoms with Crippen molar-refractivity contribution in [1.82, 2.24) is 10.3 Å². The Kier molecular flexibility index (Phi) is 2.28. The molecular formula is C8H10N2O2S. The van der Waals surface area contributed by atoms with Gasteiger partial charge < -0.3 is 10.4 Å². The van der Waals surface area contributed by atoms with Crippen molar-refractivity contribution < 1.29 is 9.90 Å². The van der Waals surface area contributed by atoms with Crippen LogP contribution in [-0.4, -0.2) is 22.6 Å². The summed E-state index contributed by atoms with van der Waals surface area (Å²) in [5, 5.41) is 14.4. The Morgan fingerprint density at radius 2 is 2.62 bits per heavy atom. The number of nitrogens with zero attached hydrogens (tertiary/aromatic N) is 1. The first kappa shape index (κ1) is 8.65. The summed E-state index contributed by atoms with van der Waals surface area (Å²) < 4.78 is 0. The van der Waals surface area contributed by atoms with Crippen molar-refractivity contribution in [1.29, 1.82) is 0 Å². The zero-order valence-corrected chi connectivity index (χ0v) is 7.80. The van der Waals surface area contributed by atoms with E-state index in [9.17, 15) is 4.79 Å². The van der Waals surface area contributed by atoms with Crippen LogP contribution in [0, 0.1) is 0 Å². The SMILES string of the molecule is O=C(O)c1csc([C@H]2CCCN2)n1. The minimum absolute atomic E-state index is 0.161. The fourth-order valence-corrected chi connectivity index (χ4v) is 2.34. The molecule has 0 radical (unpaired) electrons. The van der Waals surface area contributed by atoms with Crippen molar-refractivity contribution in [3.63, 3.8) is 0 Å². The van der Waals surface area contributed by atoms with E-state index in [1.54, 1.807) is 5.38 Å². The molecule has 0 saturated carbocycles. The first-order chi connectivity index (χ1) is 6.27. The van der Waals surface area contributed by atoms with Crippen molar-refractivity contribution >= 4 is 17.3 Å². The fourth-order valence-electron chi connectivity index (χ4n) is 1.44. The van der Waals surface area contributed by atoms with E-state index < -0.39 is 5.97 Å². The molecule has 0 amide bonds. The summed E-state index contributed by atoms with van der Waals surface area (Å²) in [5.41, 5.74) is 0.161. The number of carbonyl (C=O) groups is 1. The Bertz CT molecular complexity index is 318. The van der Waals surface area contributed by atoms with Gasteiger partial charge in [-0.2, -0.15) is 0 Å². The van der Waals surface area contributed by atoms with Crippen LogP contribution in [0.3, 0.4) is 0 Å². The smallest absolute Gasteiger partial charge is 0.355 e. The molecule has 1 aromatic rings. The molecule has 0 aliphatic carbocycles. The molecule has 0 bridgehead atoms. The minimum Gasteiger partial charge on any atom is -0.476 e. The van der Waals surface area contributed by atoms with Crippen LogP contribution in [0.15, 0.2) is 5.38 Å². The first-order valence-corrected chi connectivity index (χ1v) is 5.07. The molecule has 1 atom stereocenters. The second kappa shape index (κ2) is 3.43. The number of carboxylic acid groups (broad SMARTS) is 1. The van der Waals surface area contributed by atoms with Crippen molar-refractivity contribution in [3.05, 3.63) is 16.1 Å². The van der Waals surface area contributed by atoms with E-state index in [2.05, 4.69) is 10.3 Å². The first-order valence-electron chi connectivity index (χ1n) is 4.19. The van der Waals surface area contributed by atoms with Crippen LogP contribution in [-0.2, 0) is 0 Å². The summed E-state index contributed by atoms with van der Waals surface area (Å²) in [6.07, 6.45) is 2.21. The van der Waals surface area contributed by atoms with Crippen molar-refractivity contribution in [3.8, 4) is 0 Å². The summed E-state index contributed by atoms with van der Waals surface area (Å²) in [6.45, 7) is 1.01. The number of thiazole rings is 1. The number of hydrogen-bond donors (Lipinski definition) is 2. The van der Waals surface area contributed by atoms with Gasteiger partial charge in [-0.1, -0.05) is 0 Å². The Balaban J connectivity index is 2.16. The standard InChI is InChI=1S/C8H10N2O2S/c11-8(12)6-4-13-7(10-6)5-2-1-3-9-5/h4-5,9H,1-3H2,(H,11,12)/t5-/m1/s1. The molecule has 1 aromatic heterocycles. The van der Waals surface area contributed by atoms with Gasteiger partial charge in [0.25, 0.3) is 0 Å². The highest BCUT2D eigenvalue weighted by atomic mass is 32.1. The summed E-state index contributed by atoms with van der Waals surface area (Å²) in [7, 11) is 0. The maximum atomic E-state index is 10.6. The van der Waals surface area contributed by atoms with E-state index in [4.69, 9.17) is 5.11 Å². The number of carboxylic acids is 1. The van der Waals surface area contributed by atoms with Gasteiger partial charge in [-0.05, 0) is 19.4 Å². The Hall–Kier alpha value is -0.940. The van der Waals surface area contributed by atoms with E-state index in [1.165, 1.54) is 11.3 Å². The summed E-state index contributed by atoms with van der Waals surface area (Å²) in [5.74, 6) is -0.944. The molecule has 0 spiro atoms. The molecule has 1 fully saturated rings. The van der Waals surface area contributed by atoms with Gasteiger partial charge >= 0.3 is 5.97 Å². The zero-order chi connectivity index (χ0) is 9.26. The van der Waals surface area contributed by atoms with Crippen LogP contribution in [0.1, 0.15) is 34.4 Å². The van der Waals surface area contributed by atoms with Gasteiger partial charge in [0.15, 0.2) is 5.69 Å². The van der Waals surface area contributed by atoms with Crippen molar-refractivity contribution in [2.75, 3.05) is 6.54 Å². The molecule has 1 saturated heterocycles. The summed E-state index contributed by atoms with van der Waals surface area (Å²) >= 11 is 1.42. The third kappa shape index (κ3) is 1.71. The predicted molar refractivity (Wildman–Crippen MR) is 49.1 cm³/mol. The molecule has 2 heterocycles. The third-order valence-corrected chi connectivity index (χ3v) is 3.06. The lowest BCUT2D eigenvalue weighted by atomic mass is 10.2. The third-order valence-electron chi connectivity index (χ3n) is 2.10. The van der Waals surface area contributed by atoms with Gasteiger partial charge in [-0.15, -0.1) is 11.3 Å². The molecular weight excluding hydrogens is 188 g/mol. The quantitative estimate of drug-likeness (QED) is 0.751. The van der Waals surface area contributed by atoms with Gasteiger partial charge in [0, 0.05) is 5.38 Å². The number of aromatic nitrogens is 1. The van der Waals surface area contributed by atoms with Crippen LogP contribution in [0.25, 0.3) is 0 Å². The average Bonchev–Trinajstić information content (AvgIpc) is 2.75. The lowest BCUT2D eigenvalue weighted by Crippen LogP contribution is -2.12. The molecule has 1 aliphatic rings. The Morgan fingerprint density at radius 3 is 3.15 bits per heavy atom. The maximum Gasteiger partial charge on any atom is 0.355 e. The van der Waals surface area contributed by atoms with Crippen molar-refractivity contribution in [2.45, 2.75) is 18.9 Å². The predicted octanol–water partition coefficient (Wildman–Crippen LogP) is 1.27. The van der Waals surface area contributed by atoms with Crippen LogP contribution in [0.5, 0.6) is 0 Å². The Morgan fingerprint density at radius 1 is 1.77 bits per heavy atom. The van der Waals surface area contributed by atoms with Crippen LogP contribution in [0.4, 0.5) is 0 Å². The number of rotatable bonds is 2. The molecule has 5 heteroatoms. The van der Waals surface area contributed by atoms with Crippen LogP contribution >= 0.6 is 11.3 Å². The second-order valence-corrected chi connectivity index (χ2v) is 3.91. The molecule has 0 aromatic carbocycles. The molecule has 2 N–H and O–H groups in total. The van der Waals surface area contributed by atoms with Gasteiger partial charge in [-0.3, -0.25) is 0 Å². The van der Waals surface area contributed by atoms with E-state index in [-0.39, 0.29) is 11.7 Å². The summed E-state index contributed by atoms with van der Waals surface area (Å²) in [4.78, 5) is 14.6. The fraction of sp³-hybridized carbons (Fsp3) is 0.500. The van der Waals surface area contributed by atoms with Crippen LogP contribution < -0.4 is 5.32 Å². The lowest BCUT2D eigenvalue weighted by molar-refractivity contribution is 0.0691. The van der Waals surface area contributed by atoms with Gasteiger partial charge in [-0.25, -0.2) is 9.78 Å². The largest absolute Gasteiger partial charge is 0.476 e. The number of nitrogens with one attached hydrogen (secondary N) is 1. The van der Waals surface area contributed by atoms with E-state index >= 15 is 0 Å². The number of aromatic carboxylic acids is 1. The molecule has 2 rings (SSSR count). The normalized spacial score (nSPS) is 22.0. The van der Waals surface area contributed by atoms with Crippen LogP contribution in [0.2, 0.25) is 0 Å². The highest BCUT2D eigenvalue weighted by Crippen LogP contribution is 2.25. The van der Waals surface area contributed by atoms with E-state index in [1.807, 2.05) is 0 Å². The molecule has 1 aliphatic heterocycles. The second-order valence-electron chi connectivity index (χ2n) is 3.03. The van der Waals surface area contributed by atoms with Gasteiger partial charge in [0.1, 0.15) is 5.01 Å². The molecule has 13 heavy (non-hydrogen) atoms. The van der Waals surface area contributed by atoms with Crippen molar-refractivity contribution in [2.24, 2.45) is 0 Å².